The van der Waals surface area contributed by atoms with E-state index in [0.29, 0.717) is 17.8 Å². The number of hydrogen-bond acceptors (Lipinski definition) is 4. The van der Waals surface area contributed by atoms with E-state index in [2.05, 4.69) is 10.6 Å². The molecule has 2 atom stereocenters. The molecule has 4 amide bonds. The Kier molecular flexibility index (Phi) is 6.23. The summed E-state index contributed by atoms with van der Waals surface area (Å²) in [5, 5.41) is 7.41. The molecule has 3 aromatic rings. The molecule has 2 heterocycles. The maximum absolute atomic E-state index is 13.4. The highest BCUT2D eigenvalue weighted by atomic mass is 32.1. The van der Waals surface area contributed by atoms with Gasteiger partial charge in [-0.3, -0.25) is 9.59 Å². The lowest BCUT2D eigenvalue weighted by Gasteiger charge is -2.40. The number of thiophene rings is 1. The lowest BCUT2D eigenvalue weighted by molar-refractivity contribution is -0.125. The molecule has 8 heteroatoms. The number of aryl methyl sites for hydroxylation is 1. The number of primary amides is 1. The number of urea groups is 1. The Morgan fingerprint density at radius 1 is 1.03 bits per heavy atom. The Bertz CT molecular complexity index is 1130. The lowest BCUT2D eigenvalue weighted by atomic mass is 9.86. The average molecular weight is 449 g/mol. The molecule has 0 aliphatic carbocycles. The first-order valence-electron chi connectivity index (χ1n) is 10.3. The number of piperidine rings is 1. The van der Waals surface area contributed by atoms with Gasteiger partial charge in [0, 0.05) is 28.4 Å². The molecule has 1 aliphatic rings. The van der Waals surface area contributed by atoms with E-state index in [1.807, 2.05) is 48.7 Å². The van der Waals surface area contributed by atoms with Crippen molar-refractivity contribution < 1.29 is 14.4 Å². The van der Waals surface area contributed by atoms with Gasteiger partial charge in [-0.25, -0.2) is 4.79 Å². The van der Waals surface area contributed by atoms with Gasteiger partial charge in [-0.1, -0.05) is 29.8 Å². The van der Waals surface area contributed by atoms with Gasteiger partial charge in [0.2, 0.25) is 11.8 Å². The van der Waals surface area contributed by atoms with E-state index in [9.17, 15) is 14.4 Å². The molecule has 2 aromatic carbocycles. The molecular formula is C24H24N4O3S. The Hall–Kier alpha value is -3.65. The van der Waals surface area contributed by atoms with Crippen LogP contribution in [-0.2, 0) is 9.59 Å². The molecule has 4 rings (SSSR count). The third kappa shape index (κ3) is 4.65. The molecule has 2 unspecified atom stereocenters. The molecule has 1 aromatic heterocycles. The van der Waals surface area contributed by atoms with Crippen molar-refractivity contribution >= 4 is 46.2 Å². The summed E-state index contributed by atoms with van der Waals surface area (Å²) < 4.78 is 0. The van der Waals surface area contributed by atoms with Crippen molar-refractivity contribution in [3.05, 3.63) is 76.5 Å². The van der Waals surface area contributed by atoms with Crippen molar-refractivity contribution in [2.75, 3.05) is 15.5 Å². The molecule has 0 bridgehead atoms. The normalized spacial score (nSPS) is 18.3. The summed E-state index contributed by atoms with van der Waals surface area (Å²) in [5.41, 5.74) is 8.10. The fourth-order valence-electron chi connectivity index (χ4n) is 4.01. The van der Waals surface area contributed by atoms with Crippen LogP contribution in [0.1, 0.15) is 29.3 Å². The predicted molar refractivity (Wildman–Crippen MR) is 127 cm³/mol. The second-order valence-corrected chi connectivity index (χ2v) is 8.74. The Labute approximate surface area is 190 Å². The molecule has 1 aliphatic heterocycles. The first-order chi connectivity index (χ1) is 15.4. The number of nitrogens with two attached hydrogens (primary N) is 1. The summed E-state index contributed by atoms with van der Waals surface area (Å²) in [4.78, 5) is 40.2. The van der Waals surface area contributed by atoms with Crippen LogP contribution in [0, 0.1) is 12.8 Å². The van der Waals surface area contributed by atoms with Crippen LogP contribution in [0.3, 0.4) is 0 Å². The lowest BCUT2D eigenvalue weighted by Crippen LogP contribution is -2.46. The zero-order valence-corrected chi connectivity index (χ0v) is 18.4. The van der Waals surface area contributed by atoms with Crippen molar-refractivity contribution in [3.63, 3.8) is 0 Å². The molecule has 0 saturated carbocycles. The van der Waals surface area contributed by atoms with Crippen molar-refractivity contribution in [2.45, 2.75) is 25.8 Å². The van der Waals surface area contributed by atoms with Crippen LogP contribution in [0.15, 0.2) is 66.0 Å². The van der Waals surface area contributed by atoms with Crippen LogP contribution in [0.25, 0.3) is 0 Å². The number of amides is 4. The van der Waals surface area contributed by atoms with E-state index in [1.165, 1.54) is 11.3 Å². The summed E-state index contributed by atoms with van der Waals surface area (Å²) in [5.74, 6) is -0.603. The fourth-order valence-corrected chi connectivity index (χ4v) is 4.89. The number of nitrogens with one attached hydrogen (secondary N) is 2. The van der Waals surface area contributed by atoms with Crippen LogP contribution in [-0.4, -0.2) is 17.8 Å². The minimum absolute atomic E-state index is 0.00367. The van der Waals surface area contributed by atoms with Gasteiger partial charge in [0.05, 0.1) is 12.0 Å². The van der Waals surface area contributed by atoms with Gasteiger partial charge in [0.25, 0.3) is 0 Å². The number of nitrogens with zero attached hydrogens (tertiary/aromatic N) is 1. The summed E-state index contributed by atoms with van der Waals surface area (Å²) in [6.07, 6.45) is 0.742. The van der Waals surface area contributed by atoms with E-state index < -0.39 is 18.0 Å². The van der Waals surface area contributed by atoms with Gasteiger partial charge in [0.15, 0.2) is 0 Å². The Balaban J connectivity index is 1.64. The first-order valence-corrected chi connectivity index (χ1v) is 11.2. The second kappa shape index (κ2) is 9.23. The van der Waals surface area contributed by atoms with E-state index in [0.717, 1.165) is 16.1 Å². The monoisotopic (exact) mass is 448 g/mol. The van der Waals surface area contributed by atoms with Crippen molar-refractivity contribution in [1.82, 2.24) is 0 Å². The van der Waals surface area contributed by atoms with E-state index in [4.69, 9.17) is 5.73 Å². The van der Waals surface area contributed by atoms with Gasteiger partial charge >= 0.3 is 6.03 Å². The third-order valence-corrected chi connectivity index (χ3v) is 6.42. The van der Waals surface area contributed by atoms with Crippen LogP contribution in [0.4, 0.5) is 21.9 Å². The van der Waals surface area contributed by atoms with Crippen LogP contribution >= 0.6 is 11.3 Å². The van der Waals surface area contributed by atoms with Gasteiger partial charge in [-0.2, -0.15) is 0 Å². The summed E-state index contributed by atoms with van der Waals surface area (Å²) in [6, 6.07) is 17.4. The third-order valence-electron chi connectivity index (χ3n) is 5.48. The Morgan fingerprint density at radius 2 is 1.75 bits per heavy atom. The average Bonchev–Trinajstić information content (AvgIpc) is 3.28. The first kappa shape index (κ1) is 21.6. The molecule has 32 heavy (non-hydrogen) atoms. The van der Waals surface area contributed by atoms with Crippen molar-refractivity contribution in [2.24, 2.45) is 11.7 Å². The molecule has 0 radical (unpaired) electrons. The van der Waals surface area contributed by atoms with E-state index >= 15 is 0 Å². The maximum atomic E-state index is 13.4. The molecule has 4 N–H and O–H groups in total. The smallest absolute Gasteiger partial charge is 0.316 e. The topological polar surface area (TPSA) is 105 Å². The largest absolute Gasteiger partial charge is 0.351 e. The Morgan fingerprint density at radius 3 is 2.41 bits per heavy atom. The van der Waals surface area contributed by atoms with Gasteiger partial charge in [-0.05, 0) is 55.1 Å². The van der Waals surface area contributed by atoms with Crippen molar-refractivity contribution in [1.29, 1.82) is 0 Å². The highest BCUT2D eigenvalue weighted by Gasteiger charge is 2.42. The van der Waals surface area contributed by atoms with Gasteiger partial charge < -0.3 is 21.3 Å². The molecule has 0 spiro atoms. The predicted octanol–water partition coefficient (Wildman–Crippen LogP) is 4.67. The molecule has 1 saturated heterocycles. The standard InChI is InChI=1S/C24H24N4O3S/c1-15-7-9-18(10-8-15)28-21(29)12-11-19(22(28)20-6-3-13-32-20)23(30)26-16-4-2-5-17(14-16)27-24(25)31/h2-10,13-14,19,22H,11-12H2,1H3,(H,26,30)(H3,25,27,31). The molecule has 7 nitrogen and oxygen atoms in total. The minimum Gasteiger partial charge on any atom is -0.351 e. The SMILES string of the molecule is Cc1ccc(N2C(=O)CCC(C(=O)Nc3cccc(NC(N)=O)c3)C2c2cccs2)cc1. The number of benzene rings is 2. The molecule has 1 fully saturated rings. The summed E-state index contributed by atoms with van der Waals surface area (Å²) in [6.45, 7) is 2.00. The quantitative estimate of drug-likeness (QED) is 0.528. The number of carbonyl (C=O) groups is 3. The number of carbonyl (C=O) groups excluding carboxylic acids is 3. The second-order valence-electron chi connectivity index (χ2n) is 7.76. The number of anilines is 3. The number of hydrogen-bond donors (Lipinski definition) is 3. The highest BCUT2D eigenvalue weighted by Crippen LogP contribution is 2.42. The fraction of sp³-hybridized carbons (Fsp3) is 0.208. The van der Waals surface area contributed by atoms with E-state index in [1.54, 1.807) is 29.2 Å². The summed E-state index contributed by atoms with van der Waals surface area (Å²) >= 11 is 1.53. The van der Waals surface area contributed by atoms with E-state index in [-0.39, 0.29) is 18.2 Å². The van der Waals surface area contributed by atoms with Gasteiger partial charge in [-0.15, -0.1) is 11.3 Å². The number of rotatable bonds is 5. The van der Waals surface area contributed by atoms with Crippen molar-refractivity contribution in [3.8, 4) is 0 Å². The van der Waals surface area contributed by atoms with Crippen LogP contribution < -0.4 is 21.3 Å². The minimum atomic E-state index is -0.675. The molecule has 164 valence electrons. The summed E-state index contributed by atoms with van der Waals surface area (Å²) in [7, 11) is 0. The zero-order chi connectivity index (χ0) is 22.7. The molecular weight excluding hydrogens is 424 g/mol. The zero-order valence-electron chi connectivity index (χ0n) is 17.6. The highest BCUT2D eigenvalue weighted by molar-refractivity contribution is 7.10. The van der Waals surface area contributed by atoms with Crippen LogP contribution in [0.5, 0.6) is 0 Å². The maximum Gasteiger partial charge on any atom is 0.316 e. The van der Waals surface area contributed by atoms with Crippen LogP contribution in [0.2, 0.25) is 0 Å². The van der Waals surface area contributed by atoms with Gasteiger partial charge in [0.1, 0.15) is 0 Å².